The zero-order chi connectivity index (χ0) is 8.10. The second-order valence-corrected chi connectivity index (χ2v) is 2.27. The standard InChI is InChI=1S/C8H13N3/c1-3-11(4-2)8-5-6-9-10-7-8/h5-7H,3-4H2,1-2H3. The van der Waals surface area contributed by atoms with Crippen molar-refractivity contribution in [3.63, 3.8) is 0 Å². The Morgan fingerprint density at radius 3 is 2.45 bits per heavy atom. The molecule has 60 valence electrons. The molecule has 0 aromatic carbocycles. The molecule has 0 radical (unpaired) electrons. The number of hydrogen-bond acceptors (Lipinski definition) is 3. The Bertz CT molecular complexity index is 194. The van der Waals surface area contributed by atoms with Crippen molar-refractivity contribution in [3.8, 4) is 0 Å². The average Bonchev–Trinajstić information content (AvgIpc) is 2.09. The molecular weight excluding hydrogens is 138 g/mol. The van der Waals surface area contributed by atoms with Gasteiger partial charge in [-0.25, -0.2) is 0 Å². The monoisotopic (exact) mass is 151 g/mol. The highest BCUT2D eigenvalue weighted by Gasteiger charge is 1.98. The van der Waals surface area contributed by atoms with E-state index in [1.54, 1.807) is 12.4 Å². The van der Waals surface area contributed by atoms with Gasteiger partial charge in [-0.3, -0.25) is 0 Å². The Hall–Kier alpha value is -1.12. The van der Waals surface area contributed by atoms with E-state index in [2.05, 4.69) is 28.9 Å². The second kappa shape index (κ2) is 3.91. The predicted octanol–water partition coefficient (Wildman–Crippen LogP) is 1.32. The van der Waals surface area contributed by atoms with Gasteiger partial charge in [-0.15, -0.1) is 0 Å². The average molecular weight is 151 g/mol. The maximum absolute atomic E-state index is 3.81. The lowest BCUT2D eigenvalue weighted by Gasteiger charge is -2.19. The lowest BCUT2D eigenvalue weighted by Crippen LogP contribution is -2.21. The number of nitrogens with zero attached hydrogens (tertiary/aromatic N) is 3. The van der Waals surface area contributed by atoms with E-state index in [0.29, 0.717) is 0 Å². The van der Waals surface area contributed by atoms with Crippen molar-refractivity contribution in [2.24, 2.45) is 0 Å². The fourth-order valence-electron chi connectivity index (χ4n) is 1.06. The summed E-state index contributed by atoms with van der Waals surface area (Å²) in [7, 11) is 0. The Morgan fingerprint density at radius 2 is 2.00 bits per heavy atom. The van der Waals surface area contributed by atoms with Gasteiger partial charge < -0.3 is 4.90 Å². The molecule has 0 aliphatic heterocycles. The van der Waals surface area contributed by atoms with Crippen LogP contribution in [0.25, 0.3) is 0 Å². The van der Waals surface area contributed by atoms with Crippen LogP contribution in [0.15, 0.2) is 18.5 Å². The van der Waals surface area contributed by atoms with Crippen LogP contribution in [-0.2, 0) is 0 Å². The van der Waals surface area contributed by atoms with Crippen LogP contribution < -0.4 is 4.90 Å². The van der Waals surface area contributed by atoms with E-state index in [1.807, 2.05) is 6.07 Å². The third-order valence-corrected chi connectivity index (χ3v) is 1.70. The first-order chi connectivity index (χ1) is 5.38. The second-order valence-electron chi connectivity index (χ2n) is 2.27. The summed E-state index contributed by atoms with van der Waals surface area (Å²) in [5.41, 5.74) is 1.14. The largest absolute Gasteiger partial charge is 0.371 e. The quantitative estimate of drug-likeness (QED) is 0.652. The normalized spacial score (nSPS) is 9.64. The number of hydrogen-bond donors (Lipinski definition) is 0. The molecule has 0 unspecified atom stereocenters. The SMILES string of the molecule is CCN(CC)c1ccnnc1. The number of aromatic nitrogens is 2. The maximum atomic E-state index is 3.81. The van der Waals surface area contributed by atoms with Gasteiger partial charge in [0.25, 0.3) is 0 Å². The molecule has 1 rings (SSSR count). The molecule has 0 aliphatic carbocycles. The molecule has 0 amide bonds. The summed E-state index contributed by atoms with van der Waals surface area (Å²) in [4.78, 5) is 2.23. The Morgan fingerprint density at radius 1 is 1.27 bits per heavy atom. The molecule has 3 nitrogen and oxygen atoms in total. The van der Waals surface area contributed by atoms with Crippen molar-refractivity contribution < 1.29 is 0 Å². The third-order valence-electron chi connectivity index (χ3n) is 1.70. The fourth-order valence-corrected chi connectivity index (χ4v) is 1.06. The zero-order valence-electron chi connectivity index (χ0n) is 6.99. The van der Waals surface area contributed by atoms with Gasteiger partial charge in [0, 0.05) is 13.1 Å². The summed E-state index contributed by atoms with van der Waals surface area (Å²) >= 11 is 0. The van der Waals surface area contributed by atoms with Gasteiger partial charge in [0.2, 0.25) is 0 Å². The third kappa shape index (κ3) is 1.90. The fraction of sp³-hybridized carbons (Fsp3) is 0.500. The van der Waals surface area contributed by atoms with E-state index < -0.39 is 0 Å². The van der Waals surface area contributed by atoms with E-state index >= 15 is 0 Å². The first kappa shape index (κ1) is 7.98. The molecule has 0 bridgehead atoms. The summed E-state index contributed by atoms with van der Waals surface area (Å²) in [6.45, 7) is 6.29. The van der Waals surface area contributed by atoms with E-state index in [4.69, 9.17) is 0 Å². The molecule has 1 heterocycles. The molecule has 0 N–H and O–H groups in total. The molecule has 0 saturated carbocycles. The van der Waals surface area contributed by atoms with E-state index in [1.165, 1.54) is 0 Å². The first-order valence-electron chi connectivity index (χ1n) is 3.90. The van der Waals surface area contributed by atoms with Crippen molar-refractivity contribution in [2.75, 3.05) is 18.0 Å². The van der Waals surface area contributed by atoms with Crippen LogP contribution in [0.3, 0.4) is 0 Å². The molecule has 0 saturated heterocycles. The smallest absolute Gasteiger partial charge is 0.0729 e. The van der Waals surface area contributed by atoms with Crippen LogP contribution >= 0.6 is 0 Å². The van der Waals surface area contributed by atoms with Crippen molar-refractivity contribution in [1.82, 2.24) is 10.2 Å². The minimum absolute atomic E-state index is 1.02. The summed E-state index contributed by atoms with van der Waals surface area (Å²) in [5, 5.41) is 7.53. The van der Waals surface area contributed by atoms with Gasteiger partial charge in [-0.1, -0.05) is 0 Å². The highest BCUT2D eigenvalue weighted by molar-refractivity contribution is 5.42. The van der Waals surface area contributed by atoms with Gasteiger partial charge in [0.15, 0.2) is 0 Å². The maximum Gasteiger partial charge on any atom is 0.0729 e. The highest BCUT2D eigenvalue weighted by Crippen LogP contribution is 2.08. The predicted molar refractivity (Wildman–Crippen MR) is 45.6 cm³/mol. The molecule has 0 fully saturated rings. The lowest BCUT2D eigenvalue weighted by molar-refractivity contribution is 0.854. The van der Waals surface area contributed by atoms with Gasteiger partial charge in [0.1, 0.15) is 0 Å². The van der Waals surface area contributed by atoms with Crippen molar-refractivity contribution in [2.45, 2.75) is 13.8 Å². The summed E-state index contributed by atoms with van der Waals surface area (Å²) in [6.07, 6.45) is 3.50. The van der Waals surface area contributed by atoms with E-state index in [9.17, 15) is 0 Å². The first-order valence-corrected chi connectivity index (χ1v) is 3.90. The van der Waals surface area contributed by atoms with Gasteiger partial charge in [0.05, 0.1) is 18.1 Å². The number of anilines is 1. The van der Waals surface area contributed by atoms with Gasteiger partial charge in [-0.05, 0) is 19.9 Å². The van der Waals surface area contributed by atoms with Crippen molar-refractivity contribution in [1.29, 1.82) is 0 Å². The van der Waals surface area contributed by atoms with Gasteiger partial charge in [-0.2, -0.15) is 10.2 Å². The Balaban J connectivity index is 2.74. The van der Waals surface area contributed by atoms with E-state index in [-0.39, 0.29) is 0 Å². The van der Waals surface area contributed by atoms with Crippen LogP contribution in [0.1, 0.15) is 13.8 Å². The summed E-state index contributed by atoms with van der Waals surface area (Å²) in [6, 6.07) is 1.97. The molecule has 0 aliphatic rings. The molecule has 0 atom stereocenters. The molecule has 3 heteroatoms. The number of rotatable bonds is 3. The molecule has 1 aromatic rings. The van der Waals surface area contributed by atoms with Crippen LogP contribution in [0.5, 0.6) is 0 Å². The van der Waals surface area contributed by atoms with Crippen LogP contribution in [0, 0.1) is 0 Å². The van der Waals surface area contributed by atoms with Gasteiger partial charge >= 0.3 is 0 Å². The minimum atomic E-state index is 1.02. The summed E-state index contributed by atoms with van der Waals surface area (Å²) < 4.78 is 0. The Kier molecular flexibility index (Phi) is 2.83. The molecule has 11 heavy (non-hydrogen) atoms. The summed E-state index contributed by atoms with van der Waals surface area (Å²) in [5.74, 6) is 0. The van der Waals surface area contributed by atoms with Crippen LogP contribution in [0.4, 0.5) is 5.69 Å². The zero-order valence-corrected chi connectivity index (χ0v) is 6.99. The van der Waals surface area contributed by atoms with Crippen LogP contribution in [0.2, 0.25) is 0 Å². The van der Waals surface area contributed by atoms with E-state index in [0.717, 1.165) is 18.8 Å². The minimum Gasteiger partial charge on any atom is -0.371 e. The highest BCUT2D eigenvalue weighted by atomic mass is 15.2. The topological polar surface area (TPSA) is 29.0 Å². The molecule has 1 aromatic heterocycles. The molecular formula is C8H13N3. The molecule has 0 spiro atoms. The van der Waals surface area contributed by atoms with Crippen molar-refractivity contribution in [3.05, 3.63) is 18.5 Å². The lowest BCUT2D eigenvalue weighted by atomic mass is 10.4. The van der Waals surface area contributed by atoms with Crippen LogP contribution in [-0.4, -0.2) is 23.3 Å². The Labute approximate surface area is 67.1 Å². The van der Waals surface area contributed by atoms with Crippen molar-refractivity contribution >= 4 is 5.69 Å².